The number of Topliss-reactive ketones (excluding diaryl/α,β-unsaturated/α-hetero) is 1. The summed E-state index contributed by atoms with van der Waals surface area (Å²) in [5.41, 5.74) is -1.84. The Morgan fingerprint density at radius 3 is 2.05 bits per heavy atom. The standard InChI is InChI=1S/C10H11ClF5NO3/c11-5-6(18)8(1-3-20-4-2-8)17-7(19)9(12,13)10(14,15)16/h1-5H2,(H,17,19). The van der Waals surface area contributed by atoms with Gasteiger partial charge in [0.15, 0.2) is 5.78 Å². The number of nitrogens with one attached hydrogen (secondary N) is 1. The van der Waals surface area contributed by atoms with Crippen molar-refractivity contribution in [3.63, 3.8) is 0 Å². The molecule has 1 N–H and O–H groups in total. The van der Waals surface area contributed by atoms with Gasteiger partial charge >= 0.3 is 18.0 Å². The average molecular weight is 324 g/mol. The lowest BCUT2D eigenvalue weighted by Crippen LogP contribution is -2.63. The molecule has 1 fully saturated rings. The Kier molecular flexibility index (Phi) is 4.96. The molecule has 1 rings (SSSR count). The molecule has 1 amide bonds. The van der Waals surface area contributed by atoms with Crippen LogP contribution in [0, 0.1) is 0 Å². The lowest BCUT2D eigenvalue weighted by atomic mass is 9.85. The molecule has 0 radical (unpaired) electrons. The van der Waals surface area contributed by atoms with Crippen LogP contribution in [0.4, 0.5) is 22.0 Å². The average Bonchev–Trinajstić information content (AvgIpc) is 2.37. The fourth-order valence-electron chi connectivity index (χ4n) is 1.75. The molecule has 0 aromatic rings. The summed E-state index contributed by atoms with van der Waals surface area (Å²) in [7, 11) is 0. The molecule has 1 aliphatic heterocycles. The van der Waals surface area contributed by atoms with Crippen LogP contribution in [0.15, 0.2) is 0 Å². The third-order valence-corrected chi connectivity index (χ3v) is 3.24. The molecule has 1 aliphatic rings. The summed E-state index contributed by atoms with van der Waals surface area (Å²) in [5, 5.41) is 1.51. The smallest absolute Gasteiger partial charge is 0.381 e. The first-order chi connectivity index (χ1) is 9.07. The molecule has 0 aromatic heterocycles. The molecule has 0 aromatic carbocycles. The number of carbonyl (C=O) groups excluding carboxylic acids is 2. The van der Waals surface area contributed by atoms with Crippen molar-refractivity contribution in [2.45, 2.75) is 30.5 Å². The van der Waals surface area contributed by atoms with Gasteiger partial charge in [-0.2, -0.15) is 22.0 Å². The van der Waals surface area contributed by atoms with Crippen molar-refractivity contribution in [1.82, 2.24) is 5.32 Å². The van der Waals surface area contributed by atoms with Crippen molar-refractivity contribution in [1.29, 1.82) is 0 Å². The highest BCUT2D eigenvalue weighted by molar-refractivity contribution is 6.29. The van der Waals surface area contributed by atoms with E-state index in [1.54, 1.807) is 0 Å². The lowest BCUT2D eigenvalue weighted by Gasteiger charge is -2.37. The van der Waals surface area contributed by atoms with Crippen molar-refractivity contribution in [2.75, 3.05) is 19.1 Å². The fraction of sp³-hybridized carbons (Fsp3) is 0.800. The van der Waals surface area contributed by atoms with E-state index in [2.05, 4.69) is 0 Å². The number of ketones is 1. The third-order valence-electron chi connectivity index (χ3n) is 3.00. The SMILES string of the molecule is O=C(CCl)C1(NC(=O)C(F)(F)C(F)(F)F)CCOCC1. The van der Waals surface area contributed by atoms with Crippen LogP contribution in [-0.2, 0) is 14.3 Å². The van der Waals surface area contributed by atoms with Gasteiger partial charge in [-0.25, -0.2) is 0 Å². The Labute approximate surface area is 115 Å². The number of amides is 1. The van der Waals surface area contributed by atoms with Gasteiger partial charge < -0.3 is 10.1 Å². The Balaban J connectivity index is 2.96. The first kappa shape index (κ1) is 17.1. The number of ether oxygens (including phenoxy) is 1. The number of hydrogen-bond donors (Lipinski definition) is 1. The summed E-state index contributed by atoms with van der Waals surface area (Å²) < 4.78 is 67.0. The van der Waals surface area contributed by atoms with E-state index in [1.807, 2.05) is 0 Å². The Morgan fingerprint density at radius 2 is 1.65 bits per heavy atom. The molecule has 0 bridgehead atoms. The number of carbonyl (C=O) groups is 2. The van der Waals surface area contributed by atoms with Crippen LogP contribution in [0.3, 0.4) is 0 Å². The molecule has 4 nitrogen and oxygen atoms in total. The fourth-order valence-corrected chi connectivity index (χ4v) is 2.00. The molecular formula is C10H11ClF5NO3. The molecule has 0 atom stereocenters. The molecule has 0 unspecified atom stereocenters. The zero-order chi connectivity index (χ0) is 15.6. The quantitative estimate of drug-likeness (QED) is 0.632. The zero-order valence-corrected chi connectivity index (χ0v) is 10.8. The zero-order valence-electron chi connectivity index (χ0n) is 10.0. The normalized spacial score (nSPS) is 19.5. The van der Waals surface area contributed by atoms with Gasteiger partial charge in [-0.3, -0.25) is 9.59 Å². The molecule has 1 saturated heterocycles. The minimum atomic E-state index is -6.03. The summed E-state index contributed by atoms with van der Waals surface area (Å²) in [4.78, 5) is 22.9. The van der Waals surface area contributed by atoms with Crippen molar-refractivity contribution in [2.24, 2.45) is 0 Å². The van der Waals surface area contributed by atoms with E-state index in [-0.39, 0.29) is 26.1 Å². The lowest BCUT2D eigenvalue weighted by molar-refractivity contribution is -0.270. The number of alkyl halides is 6. The molecule has 0 aliphatic carbocycles. The van der Waals surface area contributed by atoms with Crippen LogP contribution in [0.1, 0.15) is 12.8 Å². The van der Waals surface area contributed by atoms with Gasteiger partial charge in [-0.15, -0.1) is 11.6 Å². The maximum absolute atomic E-state index is 12.9. The van der Waals surface area contributed by atoms with Crippen LogP contribution in [0.5, 0.6) is 0 Å². The van der Waals surface area contributed by atoms with Gasteiger partial charge in [0.25, 0.3) is 0 Å². The molecular weight excluding hydrogens is 313 g/mol. The van der Waals surface area contributed by atoms with Crippen LogP contribution >= 0.6 is 11.6 Å². The topological polar surface area (TPSA) is 55.4 Å². The predicted octanol–water partition coefficient (Wildman–Crippen LogP) is 1.66. The maximum Gasteiger partial charge on any atom is 0.463 e. The van der Waals surface area contributed by atoms with Crippen LogP contribution in [0.25, 0.3) is 0 Å². The van der Waals surface area contributed by atoms with Gasteiger partial charge in [0.2, 0.25) is 0 Å². The molecule has 0 spiro atoms. The van der Waals surface area contributed by atoms with Gasteiger partial charge in [0.05, 0.1) is 5.88 Å². The van der Waals surface area contributed by atoms with Gasteiger partial charge in [-0.05, 0) is 0 Å². The van der Waals surface area contributed by atoms with E-state index >= 15 is 0 Å². The molecule has 10 heteroatoms. The maximum atomic E-state index is 12.9. The minimum absolute atomic E-state index is 0.0551. The van der Waals surface area contributed by atoms with Crippen LogP contribution < -0.4 is 5.32 Å². The third kappa shape index (κ3) is 3.20. The first-order valence-electron chi connectivity index (χ1n) is 5.51. The van der Waals surface area contributed by atoms with Crippen LogP contribution in [-0.4, -0.2) is 48.4 Å². The predicted molar refractivity (Wildman–Crippen MR) is 57.7 cm³/mol. The van der Waals surface area contributed by atoms with E-state index in [9.17, 15) is 31.5 Å². The van der Waals surface area contributed by atoms with Gasteiger partial charge in [0, 0.05) is 26.1 Å². The monoisotopic (exact) mass is 323 g/mol. The highest BCUT2D eigenvalue weighted by Crippen LogP contribution is 2.36. The summed E-state index contributed by atoms with van der Waals surface area (Å²) >= 11 is 5.31. The number of halogens is 6. The molecule has 20 heavy (non-hydrogen) atoms. The number of hydrogen-bond acceptors (Lipinski definition) is 3. The largest absolute Gasteiger partial charge is 0.463 e. The van der Waals surface area contributed by atoms with Gasteiger partial charge in [-0.1, -0.05) is 0 Å². The first-order valence-corrected chi connectivity index (χ1v) is 6.04. The van der Waals surface area contributed by atoms with E-state index in [0.717, 1.165) is 0 Å². The Bertz CT molecular complexity index is 393. The summed E-state index contributed by atoms with van der Waals surface area (Å²) in [6.45, 7) is -0.110. The van der Waals surface area contributed by atoms with Crippen molar-refractivity contribution in [3.05, 3.63) is 0 Å². The molecule has 116 valence electrons. The van der Waals surface area contributed by atoms with Crippen LogP contribution in [0.2, 0.25) is 0 Å². The molecule has 0 saturated carbocycles. The summed E-state index contributed by atoms with van der Waals surface area (Å²) in [6.07, 6.45) is -6.45. The second-order valence-electron chi connectivity index (χ2n) is 4.28. The second-order valence-corrected chi connectivity index (χ2v) is 4.54. The van der Waals surface area contributed by atoms with E-state index in [1.165, 1.54) is 5.32 Å². The van der Waals surface area contributed by atoms with Crippen molar-refractivity contribution < 1.29 is 36.3 Å². The summed E-state index contributed by atoms with van der Waals surface area (Å²) in [6, 6.07) is 0. The van der Waals surface area contributed by atoms with E-state index in [0.29, 0.717) is 0 Å². The number of rotatable bonds is 4. The van der Waals surface area contributed by atoms with Crippen molar-refractivity contribution >= 4 is 23.3 Å². The highest BCUT2D eigenvalue weighted by Gasteiger charge is 2.64. The van der Waals surface area contributed by atoms with E-state index in [4.69, 9.17) is 16.3 Å². The van der Waals surface area contributed by atoms with E-state index < -0.39 is 35.2 Å². The molecule has 1 heterocycles. The summed E-state index contributed by atoms with van der Waals surface area (Å²) in [5.74, 6) is -9.58. The van der Waals surface area contributed by atoms with Crippen molar-refractivity contribution in [3.8, 4) is 0 Å². The Morgan fingerprint density at radius 1 is 1.15 bits per heavy atom. The van der Waals surface area contributed by atoms with Gasteiger partial charge in [0.1, 0.15) is 5.54 Å². The Hall–Kier alpha value is -0.960. The second kappa shape index (κ2) is 5.80. The minimum Gasteiger partial charge on any atom is -0.381 e. The highest BCUT2D eigenvalue weighted by atomic mass is 35.5.